The van der Waals surface area contributed by atoms with Gasteiger partial charge in [-0.05, 0) is 0 Å². The zero-order valence-electron chi connectivity index (χ0n) is 6.12. The van der Waals surface area contributed by atoms with Crippen LogP contribution in [0.2, 0.25) is 0 Å². The highest BCUT2D eigenvalue weighted by Gasteiger charge is 2.45. The van der Waals surface area contributed by atoms with Gasteiger partial charge in [0.2, 0.25) is 0 Å². The van der Waals surface area contributed by atoms with Gasteiger partial charge in [-0.1, -0.05) is 0 Å². The van der Waals surface area contributed by atoms with Crippen molar-refractivity contribution >= 4 is 5.97 Å². The predicted octanol–water partition coefficient (Wildman–Crippen LogP) is -3.01. The first kappa shape index (κ1) is 9.40. The molecule has 1 saturated heterocycles. The van der Waals surface area contributed by atoms with Gasteiger partial charge in [0, 0.05) is 0 Å². The molecule has 6 heteroatoms. The first-order chi connectivity index (χ1) is 5.57. The van der Waals surface area contributed by atoms with Crippen LogP contribution in [0.3, 0.4) is 0 Å². The summed E-state index contributed by atoms with van der Waals surface area (Å²) in [4.78, 5) is 10.6. The second-order valence-electron chi connectivity index (χ2n) is 2.59. The normalized spacial score (nSPS) is 38.0. The molecule has 0 aromatic heterocycles. The van der Waals surface area contributed by atoms with Crippen LogP contribution in [0.4, 0.5) is 0 Å². The van der Waals surface area contributed by atoms with Gasteiger partial charge in [0.05, 0.1) is 6.61 Å². The number of rotatable bonds is 2. The quantitative estimate of drug-likeness (QED) is 0.335. The highest BCUT2D eigenvalue weighted by molar-refractivity contribution is 5.77. The molecule has 0 bridgehead atoms. The summed E-state index contributed by atoms with van der Waals surface area (Å²) in [5, 5.41) is 35.3. The van der Waals surface area contributed by atoms with E-state index in [9.17, 15) is 4.79 Å². The highest BCUT2D eigenvalue weighted by Crippen LogP contribution is 2.18. The molecule has 1 fully saturated rings. The number of cyclic esters (lactones) is 1. The third-order valence-corrected chi connectivity index (χ3v) is 1.72. The van der Waals surface area contributed by atoms with Crippen LogP contribution < -0.4 is 0 Å². The van der Waals surface area contributed by atoms with Gasteiger partial charge in [-0.3, -0.25) is 0 Å². The predicted molar refractivity (Wildman–Crippen MR) is 35.0 cm³/mol. The molecule has 6 nitrogen and oxygen atoms in total. The second kappa shape index (κ2) is 3.36. The van der Waals surface area contributed by atoms with E-state index in [1.165, 1.54) is 0 Å². The van der Waals surface area contributed by atoms with Gasteiger partial charge in [-0.2, -0.15) is 0 Å². The maximum Gasteiger partial charge on any atom is 0.338 e. The second-order valence-corrected chi connectivity index (χ2v) is 2.59. The van der Waals surface area contributed by atoms with Crippen molar-refractivity contribution in [2.45, 2.75) is 24.4 Å². The molecule has 0 radical (unpaired) electrons. The summed E-state index contributed by atoms with van der Waals surface area (Å²) >= 11 is 0. The minimum absolute atomic E-state index is 0.637. The van der Waals surface area contributed by atoms with Crippen LogP contribution in [0, 0.1) is 0 Å². The molecule has 0 aliphatic carbocycles. The fourth-order valence-electron chi connectivity index (χ4n) is 1.00. The van der Waals surface area contributed by atoms with Crippen molar-refractivity contribution in [2.24, 2.45) is 0 Å². The van der Waals surface area contributed by atoms with Crippen molar-refractivity contribution in [3.05, 3.63) is 0 Å². The summed E-state index contributed by atoms with van der Waals surface area (Å²) in [6, 6.07) is 0. The van der Waals surface area contributed by atoms with E-state index >= 15 is 0 Å². The lowest BCUT2D eigenvalue weighted by atomic mass is 10.1. The molecule has 1 heterocycles. The van der Waals surface area contributed by atoms with Crippen molar-refractivity contribution in [3.63, 3.8) is 0 Å². The third-order valence-electron chi connectivity index (χ3n) is 1.72. The lowest BCUT2D eigenvalue weighted by Gasteiger charge is -2.17. The number of carbonyl (C=O) groups excluding carboxylic acids is 1. The lowest BCUT2D eigenvalue weighted by Crippen LogP contribution is -2.40. The molecule has 12 heavy (non-hydrogen) atoms. The van der Waals surface area contributed by atoms with Gasteiger partial charge in [0.15, 0.2) is 12.2 Å². The van der Waals surface area contributed by atoms with E-state index in [0.717, 1.165) is 0 Å². The first-order valence-corrected chi connectivity index (χ1v) is 3.43. The van der Waals surface area contributed by atoms with Crippen LogP contribution in [0.1, 0.15) is 0 Å². The maximum atomic E-state index is 10.6. The number of aliphatic hydroxyl groups excluding tert-OH is 4. The molecule has 0 spiro atoms. The van der Waals surface area contributed by atoms with E-state index in [4.69, 9.17) is 20.4 Å². The van der Waals surface area contributed by atoms with Crippen molar-refractivity contribution in [3.8, 4) is 0 Å². The molecule has 0 aromatic rings. The van der Waals surface area contributed by atoms with E-state index in [0.29, 0.717) is 0 Å². The van der Waals surface area contributed by atoms with Gasteiger partial charge in [-0.15, -0.1) is 0 Å². The van der Waals surface area contributed by atoms with Crippen LogP contribution in [0.25, 0.3) is 0 Å². The molecule has 1 aliphatic rings. The standard InChI is InChI=1S/C6H10O6/c7-1-2(8)5-3(9)4(10)6(11)12-5/h2-5,7-10H,1H2/t2?,3?,4?,5-/m0/s1. The number of aliphatic hydroxyl groups is 4. The smallest absolute Gasteiger partial charge is 0.338 e. The van der Waals surface area contributed by atoms with Gasteiger partial charge >= 0.3 is 5.97 Å². The number of esters is 1. The Morgan fingerprint density at radius 1 is 1.50 bits per heavy atom. The van der Waals surface area contributed by atoms with E-state index in [-0.39, 0.29) is 0 Å². The summed E-state index contributed by atoms with van der Waals surface area (Å²) in [5.74, 6) is -0.986. The van der Waals surface area contributed by atoms with Crippen LogP contribution in [-0.4, -0.2) is 57.4 Å². The van der Waals surface area contributed by atoms with Crippen molar-refractivity contribution in [1.82, 2.24) is 0 Å². The molecular weight excluding hydrogens is 168 g/mol. The summed E-state index contributed by atoms with van der Waals surface area (Å²) in [6.07, 6.45) is -5.70. The summed E-state index contributed by atoms with van der Waals surface area (Å²) in [7, 11) is 0. The third kappa shape index (κ3) is 1.42. The Hall–Kier alpha value is -0.690. The Morgan fingerprint density at radius 2 is 2.08 bits per heavy atom. The SMILES string of the molecule is O=C1O[C@@H](C(O)CO)C(O)C1O. The summed E-state index contributed by atoms with van der Waals surface area (Å²) in [5.41, 5.74) is 0. The van der Waals surface area contributed by atoms with Crippen LogP contribution in [-0.2, 0) is 9.53 Å². The van der Waals surface area contributed by atoms with E-state index < -0.39 is 37.0 Å². The molecule has 1 aliphatic heterocycles. The molecule has 4 atom stereocenters. The fourth-order valence-corrected chi connectivity index (χ4v) is 1.00. The average molecular weight is 178 g/mol. The molecule has 0 aromatic carbocycles. The zero-order chi connectivity index (χ0) is 9.30. The van der Waals surface area contributed by atoms with Crippen LogP contribution >= 0.6 is 0 Å². The molecule has 4 N–H and O–H groups in total. The Balaban J connectivity index is 2.64. The summed E-state index contributed by atoms with van der Waals surface area (Å²) in [6.45, 7) is -0.637. The minimum Gasteiger partial charge on any atom is -0.455 e. The van der Waals surface area contributed by atoms with E-state index in [1.54, 1.807) is 0 Å². The lowest BCUT2D eigenvalue weighted by molar-refractivity contribution is -0.151. The van der Waals surface area contributed by atoms with Crippen molar-refractivity contribution in [2.75, 3.05) is 6.61 Å². The van der Waals surface area contributed by atoms with Gasteiger partial charge < -0.3 is 25.2 Å². The Morgan fingerprint density at radius 3 is 2.42 bits per heavy atom. The van der Waals surface area contributed by atoms with Crippen molar-refractivity contribution in [1.29, 1.82) is 0 Å². The highest BCUT2D eigenvalue weighted by atomic mass is 16.6. The van der Waals surface area contributed by atoms with Gasteiger partial charge in [-0.25, -0.2) is 4.79 Å². The number of ether oxygens (including phenoxy) is 1. The van der Waals surface area contributed by atoms with Gasteiger partial charge in [0.1, 0.15) is 12.2 Å². The maximum absolute atomic E-state index is 10.6. The monoisotopic (exact) mass is 178 g/mol. The minimum atomic E-state index is -1.63. The largest absolute Gasteiger partial charge is 0.455 e. The van der Waals surface area contributed by atoms with Crippen LogP contribution in [0.5, 0.6) is 0 Å². The average Bonchev–Trinajstić information content (AvgIpc) is 2.32. The number of carbonyl (C=O) groups is 1. The molecular formula is C6H10O6. The Kier molecular flexibility index (Phi) is 2.63. The van der Waals surface area contributed by atoms with Gasteiger partial charge in [0.25, 0.3) is 0 Å². The van der Waals surface area contributed by atoms with Crippen LogP contribution in [0.15, 0.2) is 0 Å². The topological polar surface area (TPSA) is 107 Å². The molecule has 1 rings (SSSR count). The number of hydrogen-bond donors (Lipinski definition) is 4. The fraction of sp³-hybridized carbons (Fsp3) is 0.833. The molecule has 0 amide bonds. The summed E-state index contributed by atoms with van der Waals surface area (Å²) < 4.78 is 4.39. The number of hydrogen-bond acceptors (Lipinski definition) is 6. The molecule has 70 valence electrons. The zero-order valence-corrected chi connectivity index (χ0v) is 6.12. The van der Waals surface area contributed by atoms with E-state index in [1.807, 2.05) is 0 Å². The molecule has 0 saturated carbocycles. The Labute approximate surface area is 68.0 Å². The first-order valence-electron chi connectivity index (χ1n) is 3.43. The van der Waals surface area contributed by atoms with Crippen molar-refractivity contribution < 1.29 is 30.0 Å². The van der Waals surface area contributed by atoms with E-state index in [2.05, 4.69) is 4.74 Å². The molecule has 3 unspecified atom stereocenters. The Bertz CT molecular complexity index is 181.